The minimum absolute atomic E-state index is 0.385. The van der Waals surface area contributed by atoms with E-state index >= 15 is 0 Å². The Bertz CT molecular complexity index is 84.7. The van der Waals surface area contributed by atoms with Crippen molar-refractivity contribution in [2.24, 2.45) is 0 Å². The molecule has 1 atom stereocenters. The molecule has 0 bridgehead atoms. The molecule has 0 fully saturated rings. The molecule has 0 spiro atoms. The van der Waals surface area contributed by atoms with Crippen molar-refractivity contribution in [3.63, 3.8) is 0 Å². The van der Waals surface area contributed by atoms with Crippen molar-refractivity contribution in [2.45, 2.75) is 19.4 Å². The molecular weight excluding hydrogens is 174 g/mol. The second-order valence-electron chi connectivity index (χ2n) is 2.36. The Morgan fingerprint density at radius 1 is 1.33 bits per heavy atom. The number of likely N-dealkylation sites (N-methyl/N-ethyl adjacent to an activating group) is 1. The largest absolute Gasteiger partial charge is 0.577 e. The van der Waals surface area contributed by atoms with Gasteiger partial charge in [-0.1, -0.05) is 6.92 Å². The maximum atomic E-state index is 5.38. The summed E-state index contributed by atoms with van der Waals surface area (Å²) in [6.07, 6.45) is 1.04. The molecule has 1 N–H and O–H groups in total. The lowest BCUT2D eigenvalue weighted by atomic mass is 10.2. The molecule has 73 valence electrons. The summed E-state index contributed by atoms with van der Waals surface area (Å²) < 4.78 is 15.3. The molecule has 0 heterocycles. The SMILES string of the molecule is CCC(CO[Si](OC)OC)NC. The zero-order chi connectivity index (χ0) is 9.40. The summed E-state index contributed by atoms with van der Waals surface area (Å²) in [5.41, 5.74) is 0. The Kier molecular flexibility index (Phi) is 7.73. The molecule has 0 aliphatic rings. The van der Waals surface area contributed by atoms with Gasteiger partial charge in [0, 0.05) is 20.3 Å². The average Bonchev–Trinajstić information content (AvgIpc) is 2.13. The molecule has 0 saturated carbocycles. The van der Waals surface area contributed by atoms with E-state index in [1.807, 2.05) is 7.05 Å². The van der Waals surface area contributed by atoms with Gasteiger partial charge in [0.2, 0.25) is 0 Å². The van der Waals surface area contributed by atoms with Gasteiger partial charge >= 0.3 is 9.53 Å². The first-order valence-corrected chi connectivity index (χ1v) is 5.25. The van der Waals surface area contributed by atoms with Gasteiger partial charge in [-0.3, -0.25) is 0 Å². The second-order valence-corrected chi connectivity index (χ2v) is 3.97. The highest BCUT2D eigenvalue weighted by Crippen LogP contribution is 1.94. The lowest BCUT2D eigenvalue weighted by molar-refractivity contribution is 0.123. The van der Waals surface area contributed by atoms with Gasteiger partial charge in [0.25, 0.3) is 0 Å². The molecular formula is C7H18NO3Si. The van der Waals surface area contributed by atoms with Crippen LogP contribution in [0.5, 0.6) is 0 Å². The second kappa shape index (κ2) is 7.69. The van der Waals surface area contributed by atoms with Gasteiger partial charge in [-0.25, -0.2) is 0 Å². The monoisotopic (exact) mass is 192 g/mol. The van der Waals surface area contributed by atoms with Gasteiger partial charge in [0.1, 0.15) is 0 Å². The lowest BCUT2D eigenvalue weighted by Gasteiger charge is -2.16. The van der Waals surface area contributed by atoms with Crippen molar-refractivity contribution in [2.75, 3.05) is 27.9 Å². The summed E-state index contributed by atoms with van der Waals surface area (Å²) in [6, 6.07) is 0.385. The third-order valence-corrected chi connectivity index (χ3v) is 2.71. The smallest absolute Gasteiger partial charge is 0.375 e. The maximum absolute atomic E-state index is 5.38. The van der Waals surface area contributed by atoms with Crippen LogP contribution in [-0.2, 0) is 13.3 Å². The Hall–Kier alpha value is 0.0569. The van der Waals surface area contributed by atoms with Crippen molar-refractivity contribution in [1.82, 2.24) is 5.32 Å². The van der Waals surface area contributed by atoms with Gasteiger partial charge in [0.05, 0.1) is 6.61 Å². The zero-order valence-corrected chi connectivity index (χ0v) is 9.22. The molecule has 0 aromatic heterocycles. The summed E-state index contributed by atoms with van der Waals surface area (Å²) in [5, 5.41) is 3.14. The van der Waals surface area contributed by atoms with Crippen molar-refractivity contribution < 1.29 is 13.3 Å². The summed E-state index contributed by atoms with van der Waals surface area (Å²) in [6.45, 7) is 2.75. The summed E-state index contributed by atoms with van der Waals surface area (Å²) in [5.74, 6) is 0. The van der Waals surface area contributed by atoms with Crippen LogP contribution in [0.25, 0.3) is 0 Å². The molecule has 1 radical (unpaired) electrons. The molecule has 4 nitrogen and oxygen atoms in total. The Morgan fingerprint density at radius 2 is 1.92 bits per heavy atom. The van der Waals surface area contributed by atoms with Crippen LogP contribution >= 0.6 is 0 Å². The molecule has 0 aromatic carbocycles. The third kappa shape index (κ3) is 4.84. The van der Waals surface area contributed by atoms with Crippen LogP contribution in [0.1, 0.15) is 13.3 Å². The first-order valence-electron chi connectivity index (χ1n) is 4.03. The number of hydrogen-bond donors (Lipinski definition) is 1. The first kappa shape index (κ1) is 12.1. The van der Waals surface area contributed by atoms with Gasteiger partial charge in [-0.05, 0) is 13.5 Å². The lowest BCUT2D eigenvalue weighted by Crippen LogP contribution is -2.34. The molecule has 0 amide bonds. The first-order chi connectivity index (χ1) is 5.78. The van der Waals surface area contributed by atoms with Gasteiger partial charge in [-0.2, -0.15) is 0 Å². The quantitative estimate of drug-likeness (QED) is 0.588. The van der Waals surface area contributed by atoms with E-state index in [9.17, 15) is 0 Å². The fourth-order valence-corrected chi connectivity index (χ4v) is 1.51. The molecule has 1 unspecified atom stereocenters. The normalized spacial score (nSPS) is 13.8. The van der Waals surface area contributed by atoms with Crippen LogP contribution in [0.4, 0.5) is 0 Å². The van der Waals surface area contributed by atoms with Crippen LogP contribution in [0.15, 0.2) is 0 Å². The van der Waals surface area contributed by atoms with Gasteiger partial charge < -0.3 is 18.6 Å². The summed E-state index contributed by atoms with van der Waals surface area (Å²) in [7, 11) is 3.63. The van der Waals surface area contributed by atoms with Crippen LogP contribution in [-0.4, -0.2) is 43.4 Å². The van der Waals surface area contributed by atoms with Crippen molar-refractivity contribution >= 4 is 9.53 Å². The highest BCUT2D eigenvalue weighted by molar-refractivity contribution is 6.36. The zero-order valence-electron chi connectivity index (χ0n) is 8.22. The van der Waals surface area contributed by atoms with E-state index in [0.717, 1.165) is 6.42 Å². The van der Waals surface area contributed by atoms with E-state index in [1.165, 1.54) is 0 Å². The number of hydrogen-bond acceptors (Lipinski definition) is 4. The summed E-state index contributed by atoms with van der Waals surface area (Å²) in [4.78, 5) is 0. The van der Waals surface area contributed by atoms with Crippen molar-refractivity contribution in [3.05, 3.63) is 0 Å². The van der Waals surface area contributed by atoms with E-state index < -0.39 is 9.53 Å². The topological polar surface area (TPSA) is 39.7 Å². The predicted octanol–water partition coefficient (Wildman–Crippen LogP) is 0.279. The minimum atomic E-state index is -1.48. The van der Waals surface area contributed by atoms with E-state index in [4.69, 9.17) is 13.3 Å². The van der Waals surface area contributed by atoms with E-state index in [0.29, 0.717) is 12.6 Å². The van der Waals surface area contributed by atoms with E-state index in [2.05, 4.69) is 12.2 Å². The Balaban J connectivity index is 3.49. The predicted molar refractivity (Wildman–Crippen MR) is 48.9 cm³/mol. The minimum Gasteiger partial charge on any atom is -0.375 e. The fraction of sp³-hybridized carbons (Fsp3) is 1.00. The molecule has 0 aromatic rings. The van der Waals surface area contributed by atoms with Crippen LogP contribution in [0.2, 0.25) is 0 Å². The molecule has 5 heteroatoms. The average molecular weight is 192 g/mol. The van der Waals surface area contributed by atoms with Crippen LogP contribution in [0.3, 0.4) is 0 Å². The van der Waals surface area contributed by atoms with Crippen molar-refractivity contribution in [3.8, 4) is 0 Å². The molecule has 0 saturated heterocycles. The van der Waals surface area contributed by atoms with Gasteiger partial charge in [0.15, 0.2) is 0 Å². The fourth-order valence-electron chi connectivity index (χ4n) is 0.775. The van der Waals surface area contributed by atoms with E-state index in [-0.39, 0.29) is 0 Å². The Labute approximate surface area is 76.2 Å². The van der Waals surface area contributed by atoms with Crippen molar-refractivity contribution in [1.29, 1.82) is 0 Å². The molecule has 0 aliphatic carbocycles. The summed E-state index contributed by atoms with van der Waals surface area (Å²) >= 11 is 0. The molecule has 12 heavy (non-hydrogen) atoms. The van der Waals surface area contributed by atoms with Crippen LogP contribution in [0, 0.1) is 0 Å². The highest BCUT2D eigenvalue weighted by Gasteiger charge is 2.16. The molecule has 0 aliphatic heterocycles. The highest BCUT2D eigenvalue weighted by atomic mass is 28.3. The standard InChI is InChI=1S/C7H18NO3Si/c1-5-7(8-2)6-11-12(9-3)10-4/h7-8H,5-6H2,1-4H3. The number of nitrogens with one attached hydrogen (secondary N) is 1. The maximum Gasteiger partial charge on any atom is 0.577 e. The third-order valence-electron chi connectivity index (χ3n) is 1.64. The van der Waals surface area contributed by atoms with E-state index in [1.54, 1.807) is 14.2 Å². The number of rotatable bonds is 7. The molecule has 0 rings (SSSR count). The van der Waals surface area contributed by atoms with Crippen LogP contribution < -0.4 is 5.32 Å². The Morgan fingerprint density at radius 3 is 2.25 bits per heavy atom. The van der Waals surface area contributed by atoms with Gasteiger partial charge in [-0.15, -0.1) is 0 Å².